The van der Waals surface area contributed by atoms with Crippen LogP contribution < -0.4 is 5.46 Å². The zero-order valence-electron chi connectivity index (χ0n) is 7.28. The molecule has 0 saturated heterocycles. The summed E-state index contributed by atoms with van der Waals surface area (Å²) < 4.78 is 0. The fourth-order valence-electron chi connectivity index (χ4n) is 0.920. The Morgan fingerprint density at radius 1 is 1.50 bits per heavy atom. The normalized spacial score (nSPS) is 10.4. The van der Waals surface area contributed by atoms with Crippen molar-refractivity contribution in [1.82, 2.24) is 4.98 Å². The van der Waals surface area contributed by atoms with Crippen LogP contribution in [-0.4, -0.2) is 22.2 Å². The Hall–Kier alpha value is -0.865. The van der Waals surface area contributed by atoms with Crippen molar-refractivity contribution in [2.75, 3.05) is 0 Å². The zero-order chi connectivity index (χ0) is 9.14. The van der Waals surface area contributed by atoms with Crippen LogP contribution in [0.1, 0.15) is 25.5 Å². The fraction of sp³-hybridized carbons (Fsp3) is 0.375. The topological polar surface area (TPSA) is 56.0 Å². The van der Waals surface area contributed by atoms with E-state index in [0.29, 0.717) is 11.4 Å². The van der Waals surface area contributed by atoms with Crippen LogP contribution in [0.25, 0.3) is 0 Å². The summed E-state index contributed by atoms with van der Waals surface area (Å²) in [5, 5.41) is 15.9. The van der Waals surface area contributed by atoms with E-state index in [2.05, 4.69) is 18.8 Å². The van der Waals surface area contributed by atoms with Gasteiger partial charge in [0.1, 0.15) is 0 Å². The summed E-state index contributed by atoms with van der Waals surface area (Å²) in [5.74, 6) is 0.391. The van der Waals surface area contributed by atoms with Crippen molar-refractivity contribution in [2.45, 2.75) is 19.8 Å². The minimum Gasteiger partial charge on any atom is -0.522 e. The molecule has 0 aliphatic heterocycles. The number of hydrogen-bond acceptors (Lipinski definition) is 2. The lowest BCUT2D eigenvalue weighted by Crippen LogP contribution is -2.30. The molecule has 0 saturated carbocycles. The van der Waals surface area contributed by atoms with E-state index in [4.69, 9.17) is 10.0 Å². The van der Waals surface area contributed by atoms with Crippen molar-refractivity contribution in [3.63, 3.8) is 0 Å². The van der Waals surface area contributed by atoms with Gasteiger partial charge in [-0.05, 0) is 12.0 Å². The quantitative estimate of drug-likeness (QED) is 0.480. The first-order valence-corrected chi connectivity index (χ1v) is 3.96. The van der Waals surface area contributed by atoms with Gasteiger partial charge < -0.3 is 10.0 Å². The second-order valence-electron chi connectivity index (χ2n) is 3.07. The molecule has 3 N–H and O–H groups in total. The van der Waals surface area contributed by atoms with Gasteiger partial charge in [0.15, 0.2) is 0 Å². The molecule has 0 aliphatic carbocycles. The van der Waals surface area contributed by atoms with E-state index >= 15 is 0 Å². The van der Waals surface area contributed by atoms with Gasteiger partial charge in [0.05, 0.1) is 5.46 Å². The second kappa shape index (κ2) is 3.69. The van der Waals surface area contributed by atoms with Crippen LogP contribution in [0.3, 0.4) is 0 Å². The van der Waals surface area contributed by atoms with E-state index in [1.807, 2.05) is 6.07 Å². The Morgan fingerprint density at radius 2 is 2.17 bits per heavy atom. The SMILES string of the molecule is CC(C)c1ccc(B(O)[OH2+])cn1. The van der Waals surface area contributed by atoms with E-state index in [0.717, 1.165) is 5.69 Å². The van der Waals surface area contributed by atoms with Crippen molar-refractivity contribution in [1.29, 1.82) is 0 Å². The van der Waals surface area contributed by atoms with E-state index < -0.39 is 7.12 Å². The molecule has 1 rings (SSSR count). The smallest absolute Gasteiger partial charge is 0.522 e. The van der Waals surface area contributed by atoms with Gasteiger partial charge in [-0.25, -0.2) is 0 Å². The Bertz CT molecular complexity index is 219. The molecule has 0 aromatic carbocycles. The molecule has 12 heavy (non-hydrogen) atoms. The standard InChI is InChI=1S/C8H12BNO2/c1-6(2)8-4-3-7(5-10-8)9(11)12/h3-6,11-12H,1-2H3/p+1. The molecule has 1 aromatic heterocycles. The van der Waals surface area contributed by atoms with Crippen LogP contribution in [0.15, 0.2) is 18.3 Å². The first-order chi connectivity index (χ1) is 5.61. The van der Waals surface area contributed by atoms with Crippen LogP contribution in [-0.2, 0) is 0 Å². The predicted octanol–water partition coefficient (Wildman–Crippen LogP) is -0.383. The molecule has 3 nitrogen and oxygen atoms in total. The minimum absolute atomic E-state index is 0.391. The predicted molar refractivity (Wildman–Crippen MR) is 49.5 cm³/mol. The van der Waals surface area contributed by atoms with Crippen LogP contribution in [0.5, 0.6) is 0 Å². The van der Waals surface area contributed by atoms with Crippen molar-refractivity contribution in [3.05, 3.63) is 24.0 Å². The van der Waals surface area contributed by atoms with Gasteiger partial charge in [0.2, 0.25) is 0 Å². The molecular formula is C8H13BNO2+. The Morgan fingerprint density at radius 3 is 2.50 bits per heavy atom. The number of pyridine rings is 1. The third kappa shape index (κ3) is 2.06. The number of aromatic nitrogens is 1. The number of nitrogens with zero attached hydrogens (tertiary/aromatic N) is 1. The van der Waals surface area contributed by atoms with Crippen molar-refractivity contribution in [3.8, 4) is 0 Å². The maximum Gasteiger partial charge on any atom is 0.729 e. The van der Waals surface area contributed by atoms with Gasteiger partial charge in [-0.3, -0.25) is 4.98 Å². The van der Waals surface area contributed by atoms with E-state index in [9.17, 15) is 0 Å². The Labute approximate surface area is 72.2 Å². The van der Waals surface area contributed by atoms with E-state index in [-0.39, 0.29) is 0 Å². The Balaban J connectivity index is 2.86. The monoisotopic (exact) mass is 166 g/mol. The van der Waals surface area contributed by atoms with Crippen molar-refractivity contribution < 1.29 is 10.0 Å². The molecular weight excluding hydrogens is 153 g/mol. The van der Waals surface area contributed by atoms with Gasteiger partial charge in [0.25, 0.3) is 0 Å². The van der Waals surface area contributed by atoms with Gasteiger partial charge in [0, 0.05) is 11.9 Å². The lowest BCUT2D eigenvalue weighted by Gasteiger charge is -2.02. The highest BCUT2D eigenvalue weighted by Crippen LogP contribution is 2.08. The average molecular weight is 166 g/mol. The van der Waals surface area contributed by atoms with Crippen LogP contribution in [0.4, 0.5) is 0 Å². The third-order valence-electron chi connectivity index (χ3n) is 1.72. The van der Waals surface area contributed by atoms with E-state index in [1.165, 1.54) is 0 Å². The van der Waals surface area contributed by atoms with Crippen molar-refractivity contribution in [2.24, 2.45) is 0 Å². The summed E-state index contributed by atoms with van der Waals surface area (Å²) in [4.78, 5) is 4.12. The summed E-state index contributed by atoms with van der Waals surface area (Å²) in [5.41, 5.74) is 1.53. The molecule has 0 bridgehead atoms. The summed E-state index contributed by atoms with van der Waals surface area (Å²) in [6, 6.07) is 3.58. The number of hydrogen-bond donors (Lipinski definition) is 1. The molecule has 0 unspecified atom stereocenters. The van der Waals surface area contributed by atoms with Gasteiger partial charge in [-0.1, -0.05) is 19.9 Å². The largest absolute Gasteiger partial charge is 0.729 e. The summed E-state index contributed by atoms with van der Waals surface area (Å²) in [7, 11) is -1.17. The molecule has 1 aromatic rings. The molecule has 0 spiro atoms. The maximum atomic E-state index is 8.88. The molecule has 0 aliphatic rings. The molecule has 0 radical (unpaired) electrons. The third-order valence-corrected chi connectivity index (χ3v) is 1.72. The summed E-state index contributed by atoms with van der Waals surface area (Å²) >= 11 is 0. The van der Waals surface area contributed by atoms with Crippen LogP contribution in [0.2, 0.25) is 0 Å². The van der Waals surface area contributed by atoms with Crippen LogP contribution in [0, 0.1) is 0 Å². The molecule has 0 amide bonds. The summed E-state index contributed by atoms with van der Waals surface area (Å²) in [6.07, 6.45) is 1.55. The lowest BCUT2D eigenvalue weighted by atomic mass is 9.81. The molecule has 0 fully saturated rings. The highest BCUT2D eigenvalue weighted by atomic mass is 16.4. The van der Waals surface area contributed by atoms with Gasteiger partial charge in [-0.15, -0.1) is 0 Å². The molecule has 1 heterocycles. The molecule has 4 heteroatoms. The van der Waals surface area contributed by atoms with Crippen LogP contribution >= 0.6 is 0 Å². The first kappa shape index (κ1) is 9.22. The highest BCUT2D eigenvalue weighted by Gasteiger charge is 2.21. The van der Waals surface area contributed by atoms with Crippen molar-refractivity contribution >= 4 is 12.6 Å². The molecule has 64 valence electrons. The van der Waals surface area contributed by atoms with Gasteiger partial charge in [-0.2, -0.15) is 0 Å². The lowest BCUT2D eigenvalue weighted by molar-refractivity contribution is 0.425. The maximum absolute atomic E-state index is 8.88. The second-order valence-corrected chi connectivity index (χ2v) is 3.07. The van der Waals surface area contributed by atoms with E-state index in [1.54, 1.807) is 12.3 Å². The minimum atomic E-state index is -1.17. The van der Waals surface area contributed by atoms with Gasteiger partial charge >= 0.3 is 7.12 Å². The summed E-state index contributed by atoms with van der Waals surface area (Å²) in [6.45, 7) is 4.11. The first-order valence-electron chi connectivity index (χ1n) is 3.96. The zero-order valence-corrected chi connectivity index (χ0v) is 7.28. The average Bonchev–Trinajstić information content (AvgIpc) is 2.04. The fourth-order valence-corrected chi connectivity index (χ4v) is 0.920. The Kier molecular flexibility index (Phi) is 2.84. The molecule has 0 atom stereocenters. The number of rotatable bonds is 2. The highest BCUT2D eigenvalue weighted by molar-refractivity contribution is 6.58.